The van der Waals surface area contributed by atoms with Crippen LogP contribution in [0.4, 0.5) is 11.8 Å². The molecule has 3 rings (SSSR count). The molecule has 5 nitrogen and oxygen atoms in total. The van der Waals surface area contributed by atoms with E-state index in [1.54, 1.807) is 0 Å². The molecule has 2 aromatic rings. The number of anilines is 2. The van der Waals surface area contributed by atoms with E-state index in [0.29, 0.717) is 6.04 Å². The van der Waals surface area contributed by atoms with E-state index in [1.165, 1.54) is 22.2 Å². The Hall–Kier alpha value is -1.18. The molecular formula is C16H22BrN5S. The van der Waals surface area contributed by atoms with E-state index in [4.69, 9.17) is 0 Å². The zero-order chi connectivity index (χ0) is 16.2. The summed E-state index contributed by atoms with van der Waals surface area (Å²) in [5.41, 5.74) is 0. The van der Waals surface area contributed by atoms with Crippen molar-refractivity contribution in [3.05, 3.63) is 33.1 Å². The van der Waals surface area contributed by atoms with Gasteiger partial charge in [-0.15, -0.1) is 11.3 Å². The molecule has 0 spiro atoms. The second kappa shape index (κ2) is 7.59. The van der Waals surface area contributed by atoms with Crippen LogP contribution in [-0.4, -0.2) is 48.1 Å². The molecule has 0 saturated carbocycles. The first-order valence-corrected chi connectivity index (χ1v) is 9.49. The molecule has 2 aromatic heterocycles. The third-order valence-corrected chi connectivity index (χ3v) is 5.62. The molecule has 0 amide bonds. The van der Waals surface area contributed by atoms with Gasteiger partial charge in [-0.3, -0.25) is 4.90 Å². The number of hydrogen-bond acceptors (Lipinski definition) is 6. The van der Waals surface area contributed by atoms with Crippen molar-refractivity contribution >= 4 is 39.0 Å². The van der Waals surface area contributed by atoms with Gasteiger partial charge in [0.1, 0.15) is 5.82 Å². The van der Waals surface area contributed by atoms with E-state index in [1.807, 2.05) is 42.6 Å². The summed E-state index contributed by atoms with van der Waals surface area (Å²) >= 11 is 5.34. The van der Waals surface area contributed by atoms with Crippen molar-refractivity contribution in [2.75, 3.05) is 37.4 Å². The van der Waals surface area contributed by atoms with Crippen LogP contribution in [0.25, 0.3) is 0 Å². The minimum atomic E-state index is 0.407. The zero-order valence-corrected chi connectivity index (χ0v) is 15.9. The lowest BCUT2D eigenvalue weighted by atomic mass is 10.1. The molecule has 0 radical (unpaired) electrons. The largest absolute Gasteiger partial charge is 0.363 e. The topological polar surface area (TPSA) is 44.3 Å². The third-order valence-electron chi connectivity index (χ3n) is 3.94. The third kappa shape index (κ3) is 4.65. The Morgan fingerprint density at radius 1 is 1.48 bits per heavy atom. The lowest BCUT2D eigenvalue weighted by Gasteiger charge is -2.32. The normalized spacial score (nSPS) is 18.8. The SMILES string of the molecule is CN(C)c1ccnc(NC2CCCN(Cc3cc(Br)cs3)C2)n1. The van der Waals surface area contributed by atoms with E-state index in [-0.39, 0.29) is 0 Å². The van der Waals surface area contributed by atoms with Crippen LogP contribution < -0.4 is 10.2 Å². The van der Waals surface area contributed by atoms with Gasteiger partial charge in [-0.1, -0.05) is 0 Å². The molecule has 1 atom stereocenters. The number of aromatic nitrogens is 2. The second-order valence-electron chi connectivity index (χ2n) is 6.08. The molecule has 1 aliphatic rings. The summed E-state index contributed by atoms with van der Waals surface area (Å²) < 4.78 is 1.18. The Labute approximate surface area is 149 Å². The van der Waals surface area contributed by atoms with Gasteiger partial charge in [-0.2, -0.15) is 4.98 Å². The summed E-state index contributed by atoms with van der Waals surface area (Å²) in [7, 11) is 3.99. The molecule has 23 heavy (non-hydrogen) atoms. The first-order chi connectivity index (χ1) is 11.1. The van der Waals surface area contributed by atoms with Gasteiger partial charge in [0.2, 0.25) is 5.95 Å². The Morgan fingerprint density at radius 3 is 3.09 bits per heavy atom. The summed E-state index contributed by atoms with van der Waals surface area (Å²) in [6.07, 6.45) is 4.19. The van der Waals surface area contributed by atoms with Gasteiger partial charge in [0.25, 0.3) is 0 Å². The quantitative estimate of drug-likeness (QED) is 0.839. The molecule has 0 aliphatic carbocycles. The van der Waals surface area contributed by atoms with Crippen molar-refractivity contribution in [3.8, 4) is 0 Å². The highest BCUT2D eigenvalue weighted by atomic mass is 79.9. The van der Waals surface area contributed by atoms with Crippen LogP contribution in [-0.2, 0) is 6.54 Å². The summed E-state index contributed by atoms with van der Waals surface area (Å²) in [4.78, 5) is 14.8. The number of hydrogen-bond donors (Lipinski definition) is 1. The fourth-order valence-electron chi connectivity index (χ4n) is 2.82. The molecular weight excluding hydrogens is 374 g/mol. The zero-order valence-electron chi connectivity index (χ0n) is 13.5. The molecule has 1 fully saturated rings. The number of halogens is 1. The first kappa shape index (κ1) is 16.7. The molecule has 1 saturated heterocycles. The molecule has 1 unspecified atom stereocenters. The highest BCUT2D eigenvalue weighted by molar-refractivity contribution is 9.10. The fraction of sp³-hybridized carbons (Fsp3) is 0.500. The highest BCUT2D eigenvalue weighted by Gasteiger charge is 2.21. The maximum atomic E-state index is 4.56. The van der Waals surface area contributed by atoms with Crippen LogP contribution in [0.15, 0.2) is 28.2 Å². The lowest BCUT2D eigenvalue weighted by Crippen LogP contribution is -2.41. The Kier molecular flexibility index (Phi) is 5.50. The standard InChI is InChI=1S/C16H22BrN5S/c1-21(2)15-5-6-18-16(20-15)19-13-4-3-7-22(9-13)10-14-8-12(17)11-23-14/h5-6,8,11,13H,3-4,7,9-10H2,1-2H3,(H,18,19,20). The van der Waals surface area contributed by atoms with Crippen molar-refractivity contribution in [3.63, 3.8) is 0 Å². The van der Waals surface area contributed by atoms with Crippen molar-refractivity contribution < 1.29 is 0 Å². The van der Waals surface area contributed by atoms with E-state index in [0.717, 1.165) is 31.4 Å². The lowest BCUT2D eigenvalue weighted by molar-refractivity contribution is 0.210. The Morgan fingerprint density at radius 2 is 2.35 bits per heavy atom. The predicted octanol–water partition coefficient (Wildman–Crippen LogP) is 3.44. The van der Waals surface area contributed by atoms with Gasteiger partial charge in [0, 0.05) is 54.2 Å². The summed E-state index contributed by atoms with van der Waals surface area (Å²) in [6.45, 7) is 3.21. The van der Waals surface area contributed by atoms with Crippen LogP contribution in [0.3, 0.4) is 0 Å². The van der Waals surface area contributed by atoms with Gasteiger partial charge in [-0.25, -0.2) is 4.98 Å². The highest BCUT2D eigenvalue weighted by Crippen LogP contribution is 2.23. The predicted molar refractivity (Wildman–Crippen MR) is 100 cm³/mol. The average Bonchev–Trinajstić information content (AvgIpc) is 2.93. The van der Waals surface area contributed by atoms with Gasteiger partial charge >= 0.3 is 0 Å². The monoisotopic (exact) mass is 395 g/mol. The van der Waals surface area contributed by atoms with Gasteiger partial charge in [0.15, 0.2) is 0 Å². The summed E-state index contributed by atoms with van der Waals surface area (Å²) in [6, 6.07) is 4.54. The van der Waals surface area contributed by atoms with Gasteiger partial charge in [0.05, 0.1) is 0 Å². The van der Waals surface area contributed by atoms with Crippen LogP contribution in [0.5, 0.6) is 0 Å². The minimum Gasteiger partial charge on any atom is -0.363 e. The number of thiophene rings is 1. The number of rotatable bonds is 5. The van der Waals surface area contributed by atoms with Crippen LogP contribution in [0, 0.1) is 0 Å². The molecule has 1 aliphatic heterocycles. The first-order valence-electron chi connectivity index (χ1n) is 7.82. The molecule has 1 N–H and O–H groups in total. The molecule has 7 heteroatoms. The van der Waals surface area contributed by atoms with E-state index < -0.39 is 0 Å². The van der Waals surface area contributed by atoms with E-state index in [9.17, 15) is 0 Å². The Bertz CT molecular complexity index is 645. The van der Waals surface area contributed by atoms with E-state index >= 15 is 0 Å². The summed E-state index contributed by atoms with van der Waals surface area (Å²) in [5.74, 6) is 1.65. The summed E-state index contributed by atoms with van der Waals surface area (Å²) in [5, 5.41) is 5.65. The van der Waals surface area contributed by atoms with Crippen LogP contribution in [0.1, 0.15) is 17.7 Å². The van der Waals surface area contributed by atoms with Gasteiger partial charge in [-0.05, 0) is 47.4 Å². The second-order valence-corrected chi connectivity index (χ2v) is 7.99. The average molecular weight is 396 g/mol. The number of piperidine rings is 1. The number of nitrogens with one attached hydrogen (secondary N) is 1. The van der Waals surface area contributed by atoms with Crippen LogP contribution >= 0.6 is 27.3 Å². The smallest absolute Gasteiger partial charge is 0.224 e. The van der Waals surface area contributed by atoms with Crippen molar-refractivity contribution in [1.29, 1.82) is 0 Å². The van der Waals surface area contributed by atoms with Gasteiger partial charge < -0.3 is 10.2 Å². The number of likely N-dealkylation sites (tertiary alicyclic amines) is 1. The maximum Gasteiger partial charge on any atom is 0.224 e. The number of nitrogens with zero attached hydrogens (tertiary/aromatic N) is 4. The maximum absolute atomic E-state index is 4.56. The van der Waals surface area contributed by atoms with Crippen molar-refractivity contribution in [1.82, 2.24) is 14.9 Å². The van der Waals surface area contributed by atoms with Crippen LogP contribution in [0.2, 0.25) is 0 Å². The Balaban J connectivity index is 1.59. The molecule has 124 valence electrons. The molecule has 0 aromatic carbocycles. The molecule has 0 bridgehead atoms. The van der Waals surface area contributed by atoms with E-state index in [2.05, 4.69) is 47.6 Å². The van der Waals surface area contributed by atoms with Crippen molar-refractivity contribution in [2.24, 2.45) is 0 Å². The fourth-order valence-corrected chi connectivity index (χ4v) is 4.32. The van der Waals surface area contributed by atoms with Crippen molar-refractivity contribution in [2.45, 2.75) is 25.4 Å². The molecule has 3 heterocycles. The minimum absolute atomic E-state index is 0.407.